The average molecular weight is 1070 g/mol. The minimum atomic E-state index is 0.484. The summed E-state index contributed by atoms with van der Waals surface area (Å²) < 4.78 is 0. The minimum absolute atomic E-state index is 0.484. The van der Waals surface area contributed by atoms with Crippen LogP contribution < -0.4 is 0 Å². The van der Waals surface area contributed by atoms with Gasteiger partial charge in [0.15, 0.2) is 0 Å². The summed E-state index contributed by atoms with van der Waals surface area (Å²) in [4.78, 5) is 0. The SMILES string of the molecule is CC(C)(C)CC1CCCC1.CC(C)(C)CC1CCCCC1.CC(C)CCC(C)CCCC(C)C(C)(C)C.CC(C)CCCC(C)CCC(C)C(C)(C)C.CCC(C)(C)C.CCCCCCCC(C)(C)C.c1ccccc1. The zero-order chi connectivity index (χ0) is 59.7. The van der Waals surface area contributed by atoms with Crippen LogP contribution in [0, 0.1) is 79.8 Å². The number of unbranched alkanes of at least 4 members (excludes halogenated alkanes) is 4. The molecule has 0 N–H and O–H groups in total. The summed E-state index contributed by atoms with van der Waals surface area (Å²) in [5.41, 5.74) is 3.18. The van der Waals surface area contributed by atoms with Crippen molar-refractivity contribution >= 4 is 0 Å². The van der Waals surface area contributed by atoms with Gasteiger partial charge in [-0.2, -0.15) is 0 Å². The van der Waals surface area contributed by atoms with Gasteiger partial charge in [0.2, 0.25) is 0 Å². The number of rotatable bonds is 21. The van der Waals surface area contributed by atoms with Crippen molar-refractivity contribution in [1.29, 1.82) is 0 Å². The molecule has 2 aliphatic rings. The molecule has 1 aromatic rings. The van der Waals surface area contributed by atoms with Gasteiger partial charge in [0.25, 0.3) is 0 Å². The van der Waals surface area contributed by atoms with Crippen molar-refractivity contribution in [2.24, 2.45) is 79.8 Å². The molecule has 2 aliphatic carbocycles. The first kappa shape index (κ1) is 81.7. The van der Waals surface area contributed by atoms with Crippen molar-refractivity contribution < 1.29 is 0 Å². The zero-order valence-corrected chi connectivity index (χ0v) is 58.9. The molecular formula is C76H154. The second kappa shape index (κ2) is 45.8. The third-order valence-corrected chi connectivity index (χ3v) is 16.9. The van der Waals surface area contributed by atoms with E-state index in [2.05, 4.69) is 194 Å². The zero-order valence-electron chi connectivity index (χ0n) is 58.9. The van der Waals surface area contributed by atoms with E-state index in [1.165, 1.54) is 180 Å². The summed E-state index contributed by atoms with van der Waals surface area (Å²) in [6, 6.07) is 12.0. The maximum Gasteiger partial charge on any atom is -0.0357 e. The van der Waals surface area contributed by atoms with Crippen molar-refractivity contribution in [2.75, 3.05) is 0 Å². The van der Waals surface area contributed by atoms with E-state index in [-0.39, 0.29) is 0 Å². The Bertz CT molecular complexity index is 1260. The minimum Gasteiger partial charge on any atom is -0.0654 e. The van der Waals surface area contributed by atoms with Gasteiger partial charge < -0.3 is 0 Å². The molecule has 0 saturated heterocycles. The third-order valence-electron chi connectivity index (χ3n) is 16.9. The molecule has 0 nitrogen and oxygen atoms in total. The Morgan fingerprint density at radius 2 is 0.658 bits per heavy atom. The van der Waals surface area contributed by atoms with Crippen molar-refractivity contribution in [3.8, 4) is 0 Å². The van der Waals surface area contributed by atoms with E-state index in [9.17, 15) is 0 Å². The Hall–Kier alpha value is -0.780. The molecule has 1 aromatic carbocycles. The Balaban J connectivity index is -0.000000407. The summed E-state index contributed by atoms with van der Waals surface area (Å²) in [7, 11) is 0. The number of hydrogen-bond acceptors (Lipinski definition) is 0. The fraction of sp³-hybridized carbons (Fsp3) is 0.921. The van der Waals surface area contributed by atoms with Crippen LogP contribution in [0.1, 0.15) is 374 Å². The van der Waals surface area contributed by atoms with E-state index in [0.29, 0.717) is 32.5 Å². The normalized spacial score (nSPS) is 16.3. The van der Waals surface area contributed by atoms with Gasteiger partial charge in [-0.3, -0.25) is 0 Å². The third kappa shape index (κ3) is 67.5. The maximum absolute atomic E-state index is 2.43. The van der Waals surface area contributed by atoms with Gasteiger partial charge in [0.05, 0.1) is 0 Å². The van der Waals surface area contributed by atoms with Gasteiger partial charge in [-0.1, -0.05) is 384 Å². The van der Waals surface area contributed by atoms with Gasteiger partial charge >= 0.3 is 0 Å². The standard InChI is InChI=1S/2C16H34.C11H22.C11H24.C10H20.C6H6.C6H14/c1-13(2)11-12-14(3)9-8-10-15(4)16(5,6)7;1-13(2)9-8-10-14(3)11-12-15(4)16(5,6)7;1-11(2,3)9-10-7-5-4-6-8-10;1-5-6-7-8-9-10-11(2,3)4;1-10(2,3)8-9-6-4-5-7-9;1-2-4-6-5-3-1;1-5-6(2,3)4/h2*13-15H,8-12H2,1-7H3;10H,4-9H2,1-3H3;5-10H2,1-4H3;9H,4-8H2,1-3H3;1-6H;5H2,1-4H3. The van der Waals surface area contributed by atoms with E-state index in [4.69, 9.17) is 0 Å². The Kier molecular flexibility index (Phi) is 49.2. The molecule has 458 valence electrons. The first-order valence-corrected chi connectivity index (χ1v) is 33.7. The van der Waals surface area contributed by atoms with Crippen LogP contribution in [0.2, 0.25) is 0 Å². The molecule has 4 atom stereocenters. The van der Waals surface area contributed by atoms with E-state index in [1.807, 2.05) is 36.4 Å². The van der Waals surface area contributed by atoms with E-state index in [1.54, 1.807) is 0 Å². The number of hydrogen-bond donors (Lipinski definition) is 0. The summed E-state index contributed by atoms with van der Waals surface area (Å²) in [6.45, 7) is 65.5. The summed E-state index contributed by atoms with van der Waals surface area (Å²) in [5, 5.41) is 0. The van der Waals surface area contributed by atoms with E-state index >= 15 is 0 Å². The highest BCUT2D eigenvalue weighted by atomic mass is 14.3. The predicted octanol–water partition coefficient (Wildman–Crippen LogP) is 28.0. The second-order valence-electron chi connectivity index (χ2n) is 33.5. The molecule has 0 heteroatoms. The highest BCUT2D eigenvalue weighted by Crippen LogP contribution is 2.36. The lowest BCUT2D eigenvalue weighted by molar-refractivity contribution is 0.229. The van der Waals surface area contributed by atoms with Crippen LogP contribution in [0.5, 0.6) is 0 Å². The first-order chi connectivity index (χ1) is 34.7. The van der Waals surface area contributed by atoms with Crippen LogP contribution in [-0.2, 0) is 0 Å². The molecule has 0 amide bonds. The summed E-state index contributed by atoms with van der Waals surface area (Å²) in [5.74, 6) is 7.39. The molecule has 0 aliphatic heterocycles. The van der Waals surface area contributed by atoms with Gasteiger partial charge in [-0.25, -0.2) is 0 Å². The Morgan fingerprint density at radius 3 is 0.974 bits per heavy atom. The molecule has 0 spiro atoms. The smallest absolute Gasteiger partial charge is 0.0357 e. The van der Waals surface area contributed by atoms with Crippen LogP contribution in [-0.4, -0.2) is 0 Å². The van der Waals surface area contributed by atoms with Gasteiger partial charge in [0.1, 0.15) is 0 Å². The lowest BCUT2D eigenvalue weighted by Gasteiger charge is -2.28. The maximum atomic E-state index is 2.43. The van der Waals surface area contributed by atoms with Crippen LogP contribution >= 0.6 is 0 Å². The lowest BCUT2D eigenvalue weighted by atomic mass is 9.78. The molecule has 3 rings (SSSR count). The molecule has 0 heterocycles. The quantitative estimate of drug-likeness (QED) is 0.108. The van der Waals surface area contributed by atoms with Crippen molar-refractivity contribution in [3.63, 3.8) is 0 Å². The van der Waals surface area contributed by atoms with Crippen LogP contribution in [0.15, 0.2) is 36.4 Å². The lowest BCUT2D eigenvalue weighted by Crippen LogP contribution is -2.17. The van der Waals surface area contributed by atoms with Gasteiger partial charge in [-0.05, 0) is 106 Å². The van der Waals surface area contributed by atoms with Crippen molar-refractivity contribution in [2.45, 2.75) is 374 Å². The van der Waals surface area contributed by atoms with E-state index in [0.717, 1.165) is 47.3 Å². The molecule has 2 fully saturated rings. The monoisotopic (exact) mass is 1070 g/mol. The first-order valence-electron chi connectivity index (χ1n) is 33.7. The second-order valence-corrected chi connectivity index (χ2v) is 33.5. The number of benzene rings is 1. The molecule has 76 heavy (non-hydrogen) atoms. The summed E-state index contributed by atoms with van der Waals surface area (Å²) >= 11 is 0. The highest BCUT2D eigenvalue weighted by molar-refractivity contribution is 4.99. The summed E-state index contributed by atoms with van der Waals surface area (Å²) in [6.07, 6.45) is 40.1. The predicted molar refractivity (Wildman–Crippen MR) is 357 cm³/mol. The molecule has 2 saturated carbocycles. The molecule has 0 bridgehead atoms. The van der Waals surface area contributed by atoms with Crippen molar-refractivity contribution in [1.82, 2.24) is 0 Å². The fourth-order valence-corrected chi connectivity index (χ4v) is 9.94. The molecule has 4 unspecified atom stereocenters. The fourth-order valence-electron chi connectivity index (χ4n) is 9.94. The molecular weight excluding hydrogens is 913 g/mol. The largest absolute Gasteiger partial charge is 0.0654 e. The van der Waals surface area contributed by atoms with E-state index < -0.39 is 0 Å². The Morgan fingerprint density at radius 1 is 0.329 bits per heavy atom. The topological polar surface area (TPSA) is 0 Å². The van der Waals surface area contributed by atoms with Crippen LogP contribution in [0.4, 0.5) is 0 Å². The van der Waals surface area contributed by atoms with Gasteiger partial charge in [0, 0.05) is 0 Å². The van der Waals surface area contributed by atoms with Crippen LogP contribution in [0.25, 0.3) is 0 Å². The highest BCUT2D eigenvalue weighted by Gasteiger charge is 2.23. The Labute approximate surface area is 487 Å². The molecule has 0 aromatic heterocycles. The van der Waals surface area contributed by atoms with Crippen LogP contribution in [0.3, 0.4) is 0 Å². The van der Waals surface area contributed by atoms with Gasteiger partial charge in [-0.15, -0.1) is 0 Å². The van der Waals surface area contributed by atoms with Crippen molar-refractivity contribution in [3.05, 3.63) is 36.4 Å². The average Bonchev–Trinajstić information content (AvgIpc) is 3.79. The molecule has 0 radical (unpaired) electrons.